The maximum Gasteiger partial charge on any atom is 0.412 e. The number of anilines is 1. The number of ether oxygens (including phenoxy) is 1. The fourth-order valence-corrected chi connectivity index (χ4v) is 3.96. The van der Waals surface area contributed by atoms with Crippen molar-refractivity contribution in [2.45, 2.75) is 51.3 Å². The number of aromatic nitrogens is 1. The van der Waals surface area contributed by atoms with Gasteiger partial charge >= 0.3 is 12.1 Å². The van der Waals surface area contributed by atoms with E-state index in [1.807, 2.05) is 24.3 Å². The molecule has 0 unspecified atom stereocenters. The van der Waals surface area contributed by atoms with Gasteiger partial charge in [-0.2, -0.15) is 0 Å². The van der Waals surface area contributed by atoms with Crippen LogP contribution < -0.4 is 10.6 Å². The third-order valence-electron chi connectivity index (χ3n) is 5.92. The molecule has 0 radical (unpaired) electrons. The first kappa shape index (κ1) is 28.1. The highest BCUT2D eigenvalue weighted by atomic mass is 35.5. The van der Waals surface area contributed by atoms with E-state index < -0.39 is 29.6 Å². The standard InChI is InChI=1S/C27H32ClFN4O4/c1-27(2,36)13-7-11-21(33(3)25(34)31-16-20-10-6-12-22(29)24(20)28)17-37-26(35)32-23-14-18-8-4-5-9-19(18)15-30-23/h4-6,8-10,12,14-15,21,36H,7,11,13,16-17H2,1-3H3,(H,31,34)(H,30,32,35)/t21-/m0/s1. The van der Waals surface area contributed by atoms with Crippen molar-refractivity contribution in [2.24, 2.45) is 0 Å². The Balaban J connectivity index is 1.60. The Kier molecular flexibility index (Phi) is 9.66. The van der Waals surface area contributed by atoms with Gasteiger partial charge in [-0.15, -0.1) is 0 Å². The van der Waals surface area contributed by atoms with E-state index in [9.17, 15) is 19.1 Å². The lowest BCUT2D eigenvalue weighted by molar-refractivity contribution is 0.0625. The largest absolute Gasteiger partial charge is 0.447 e. The molecule has 0 bridgehead atoms. The van der Waals surface area contributed by atoms with E-state index in [0.29, 0.717) is 30.6 Å². The van der Waals surface area contributed by atoms with E-state index in [1.165, 1.54) is 17.0 Å². The summed E-state index contributed by atoms with van der Waals surface area (Å²) in [4.78, 5) is 31.0. The molecule has 3 N–H and O–H groups in total. The number of nitrogens with zero attached hydrogens (tertiary/aromatic N) is 2. The van der Waals surface area contributed by atoms with Crippen molar-refractivity contribution in [2.75, 3.05) is 19.0 Å². The summed E-state index contributed by atoms with van der Waals surface area (Å²) >= 11 is 5.98. The molecule has 0 saturated heterocycles. The van der Waals surface area contributed by atoms with Crippen LogP contribution in [0.3, 0.4) is 0 Å². The molecular weight excluding hydrogens is 499 g/mol. The van der Waals surface area contributed by atoms with Gasteiger partial charge in [-0.3, -0.25) is 5.32 Å². The van der Waals surface area contributed by atoms with Gasteiger partial charge in [-0.05, 0) is 56.2 Å². The number of hydrogen-bond donors (Lipinski definition) is 3. The van der Waals surface area contributed by atoms with Crippen molar-refractivity contribution in [1.29, 1.82) is 0 Å². The van der Waals surface area contributed by atoms with Crippen molar-refractivity contribution < 1.29 is 23.8 Å². The summed E-state index contributed by atoms with van der Waals surface area (Å²) in [6.45, 7) is 3.38. The van der Waals surface area contributed by atoms with Crippen LogP contribution in [-0.2, 0) is 11.3 Å². The van der Waals surface area contributed by atoms with Crippen LogP contribution in [0.2, 0.25) is 5.02 Å². The number of carbonyl (C=O) groups is 2. The number of urea groups is 1. The summed E-state index contributed by atoms with van der Waals surface area (Å²) in [6.07, 6.45) is 2.54. The molecule has 3 amide bonds. The highest BCUT2D eigenvalue weighted by Crippen LogP contribution is 2.20. The highest BCUT2D eigenvalue weighted by molar-refractivity contribution is 6.31. The van der Waals surface area contributed by atoms with Crippen LogP contribution in [0, 0.1) is 5.82 Å². The fraction of sp³-hybridized carbons (Fsp3) is 0.370. The first-order valence-electron chi connectivity index (χ1n) is 12.0. The number of pyridine rings is 1. The molecule has 0 saturated carbocycles. The first-order chi connectivity index (χ1) is 17.5. The first-order valence-corrected chi connectivity index (χ1v) is 12.4. The van der Waals surface area contributed by atoms with E-state index >= 15 is 0 Å². The minimum absolute atomic E-state index is 0.0329. The number of amides is 3. The van der Waals surface area contributed by atoms with Crippen LogP contribution in [0.25, 0.3) is 10.8 Å². The Morgan fingerprint density at radius 2 is 1.92 bits per heavy atom. The molecule has 3 rings (SSSR count). The van der Waals surface area contributed by atoms with Crippen LogP contribution >= 0.6 is 11.6 Å². The second-order valence-electron chi connectivity index (χ2n) is 9.48. The molecule has 1 heterocycles. The Bertz CT molecular complexity index is 1230. The number of fused-ring (bicyclic) bond motifs is 1. The Hall–Kier alpha value is -3.43. The number of halogens is 2. The highest BCUT2D eigenvalue weighted by Gasteiger charge is 2.23. The Morgan fingerprint density at radius 1 is 1.19 bits per heavy atom. The van der Waals surface area contributed by atoms with E-state index in [4.69, 9.17) is 16.3 Å². The molecule has 198 valence electrons. The van der Waals surface area contributed by atoms with Gasteiger partial charge in [0.2, 0.25) is 0 Å². The number of likely N-dealkylation sites (N-methyl/N-ethyl adjacent to an activating group) is 1. The lowest BCUT2D eigenvalue weighted by atomic mass is 9.99. The van der Waals surface area contributed by atoms with Crippen molar-refractivity contribution in [1.82, 2.24) is 15.2 Å². The second kappa shape index (κ2) is 12.7. The minimum atomic E-state index is -0.862. The van der Waals surface area contributed by atoms with Crippen LogP contribution in [0.1, 0.15) is 38.7 Å². The Morgan fingerprint density at radius 3 is 2.65 bits per heavy atom. The average Bonchev–Trinajstić information content (AvgIpc) is 2.85. The summed E-state index contributed by atoms with van der Waals surface area (Å²) in [7, 11) is 1.59. The molecule has 1 atom stereocenters. The molecule has 10 heteroatoms. The van der Waals surface area contributed by atoms with Gasteiger partial charge in [-0.1, -0.05) is 48.0 Å². The predicted molar refractivity (Wildman–Crippen MR) is 142 cm³/mol. The third kappa shape index (κ3) is 8.58. The molecule has 0 aliphatic rings. The van der Waals surface area contributed by atoms with Gasteiger partial charge in [0.15, 0.2) is 0 Å². The van der Waals surface area contributed by atoms with Crippen molar-refractivity contribution in [3.63, 3.8) is 0 Å². The quantitative estimate of drug-likeness (QED) is 0.311. The summed E-state index contributed by atoms with van der Waals surface area (Å²) in [5.74, 6) is -0.216. The third-order valence-corrected chi connectivity index (χ3v) is 6.35. The smallest absolute Gasteiger partial charge is 0.412 e. The van der Waals surface area contributed by atoms with Crippen LogP contribution in [-0.4, -0.2) is 52.4 Å². The normalized spacial score (nSPS) is 12.2. The fourth-order valence-electron chi connectivity index (χ4n) is 3.77. The molecule has 8 nitrogen and oxygen atoms in total. The molecule has 37 heavy (non-hydrogen) atoms. The second-order valence-corrected chi connectivity index (χ2v) is 9.86. The molecule has 2 aromatic carbocycles. The number of nitrogens with one attached hydrogen (secondary N) is 2. The van der Waals surface area contributed by atoms with E-state index in [-0.39, 0.29) is 18.2 Å². The molecule has 0 fully saturated rings. The number of rotatable bonds is 10. The van der Waals surface area contributed by atoms with E-state index in [2.05, 4.69) is 15.6 Å². The Labute approximate surface area is 220 Å². The molecule has 0 aliphatic carbocycles. The van der Waals surface area contributed by atoms with Gasteiger partial charge in [0.25, 0.3) is 0 Å². The monoisotopic (exact) mass is 530 g/mol. The predicted octanol–water partition coefficient (Wildman–Crippen LogP) is 5.73. The maximum atomic E-state index is 13.7. The molecular formula is C27H32ClFN4O4. The van der Waals surface area contributed by atoms with Gasteiger partial charge in [-0.25, -0.2) is 19.0 Å². The summed E-state index contributed by atoms with van der Waals surface area (Å²) < 4.78 is 19.1. The zero-order valence-electron chi connectivity index (χ0n) is 21.1. The van der Waals surface area contributed by atoms with Gasteiger partial charge in [0, 0.05) is 25.2 Å². The van der Waals surface area contributed by atoms with Crippen molar-refractivity contribution in [3.05, 3.63) is 71.1 Å². The lowest BCUT2D eigenvalue weighted by Crippen LogP contribution is -2.46. The zero-order chi connectivity index (χ0) is 27.0. The van der Waals surface area contributed by atoms with E-state index in [0.717, 1.165) is 10.8 Å². The number of aliphatic hydroxyl groups is 1. The van der Waals surface area contributed by atoms with Crippen molar-refractivity contribution >= 4 is 40.3 Å². The van der Waals surface area contributed by atoms with Gasteiger partial charge < -0.3 is 20.1 Å². The van der Waals surface area contributed by atoms with Gasteiger partial charge in [0.05, 0.1) is 16.7 Å². The molecule has 1 aromatic heterocycles. The average molecular weight is 531 g/mol. The zero-order valence-corrected chi connectivity index (χ0v) is 21.9. The van der Waals surface area contributed by atoms with Crippen LogP contribution in [0.15, 0.2) is 54.7 Å². The number of hydrogen-bond acceptors (Lipinski definition) is 5. The van der Waals surface area contributed by atoms with E-state index in [1.54, 1.807) is 39.2 Å². The molecule has 0 aliphatic heterocycles. The summed E-state index contributed by atoms with van der Waals surface area (Å²) in [6, 6.07) is 12.9. The number of benzene rings is 2. The molecule has 3 aromatic rings. The molecule has 0 spiro atoms. The lowest BCUT2D eigenvalue weighted by Gasteiger charge is -2.29. The maximum absolute atomic E-state index is 13.7. The van der Waals surface area contributed by atoms with Crippen LogP contribution in [0.4, 0.5) is 19.8 Å². The topological polar surface area (TPSA) is 104 Å². The summed E-state index contributed by atoms with van der Waals surface area (Å²) in [5.41, 5.74) is -0.417. The van der Waals surface area contributed by atoms with Crippen LogP contribution in [0.5, 0.6) is 0 Å². The van der Waals surface area contributed by atoms with Crippen molar-refractivity contribution in [3.8, 4) is 0 Å². The SMILES string of the molecule is CN(C(=O)NCc1cccc(F)c1Cl)[C@@H](CCCC(C)(C)O)COC(=O)Nc1cc2ccccc2cn1. The summed E-state index contributed by atoms with van der Waals surface area (Å²) in [5, 5.41) is 17.2. The minimum Gasteiger partial charge on any atom is -0.447 e. The van der Waals surface area contributed by atoms with Gasteiger partial charge in [0.1, 0.15) is 18.2 Å². The number of carbonyl (C=O) groups excluding carboxylic acids is 2.